The molecule has 0 radical (unpaired) electrons. The molecule has 0 unspecified atom stereocenters. The lowest BCUT2D eigenvalue weighted by Gasteiger charge is -2.32. The van der Waals surface area contributed by atoms with Gasteiger partial charge in [-0.05, 0) is 69.8 Å². The van der Waals surface area contributed by atoms with E-state index in [1.807, 2.05) is 115 Å². The molecular formula is C46H41BrN2O4. The van der Waals surface area contributed by atoms with Crippen LogP contribution in [0, 0.1) is 0 Å². The van der Waals surface area contributed by atoms with Gasteiger partial charge in [-0.15, -0.1) is 0 Å². The first-order valence-corrected chi connectivity index (χ1v) is 18.7. The molecule has 1 aliphatic heterocycles. The molecule has 7 rings (SSSR count). The fraction of sp³-hybridized carbons (Fsp3) is 0.174. The average molecular weight is 766 g/mol. The van der Waals surface area contributed by atoms with Crippen molar-refractivity contribution in [1.29, 1.82) is 0 Å². The number of hydrogen-bond acceptors (Lipinski definition) is 5. The summed E-state index contributed by atoms with van der Waals surface area (Å²) in [4.78, 5) is 20.4. The predicted octanol–water partition coefficient (Wildman–Crippen LogP) is 9.33. The summed E-state index contributed by atoms with van der Waals surface area (Å²) in [5.41, 5.74) is 5.61. The summed E-state index contributed by atoms with van der Waals surface area (Å²) < 4.78 is 13.6. The summed E-state index contributed by atoms with van der Waals surface area (Å²) in [5.74, 6) is 0.784. The van der Waals surface area contributed by atoms with E-state index < -0.39 is 11.6 Å². The van der Waals surface area contributed by atoms with Gasteiger partial charge in [0, 0.05) is 41.9 Å². The standard InChI is InChI=1S/C46H41BrN2O4/c47-40-25-17-33(18-26-40)31-46(45(51)48-32-42(36-13-6-2-7-14-36)37-15-8-3-9-16-37)43(38-21-19-35(20-22-38)34-11-4-1-5-12-34)53-44(49-46)39-23-27-41(28-24-39)52-30-10-29-50/h1-9,11-28,42-43,50H,10,29-32H2,(H,48,51)/t43-,46-/m1/s1. The first-order chi connectivity index (χ1) is 26.0. The highest BCUT2D eigenvalue weighted by Crippen LogP contribution is 2.43. The molecule has 0 bridgehead atoms. The van der Waals surface area contributed by atoms with Crippen molar-refractivity contribution in [1.82, 2.24) is 5.32 Å². The molecule has 6 nitrogen and oxygen atoms in total. The van der Waals surface area contributed by atoms with Crippen LogP contribution in [0.1, 0.15) is 46.3 Å². The zero-order chi connectivity index (χ0) is 36.5. The predicted molar refractivity (Wildman–Crippen MR) is 214 cm³/mol. The molecule has 0 fully saturated rings. The second-order valence-electron chi connectivity index (χ2n) is 13.2. The lowest BCUT2D eigenvalue weighted by molar-refractivity contribution is -0.129. The third-order valence-corrected chi connectivity index (χ3v) is 10.1. The number of nitrogens with zero attached hydrogens (tertiary/aromatic N) is 1. The number of aliphatic hydroxyl groups is 1. The number of amides is 1. The fourth-order valence-electron chi connectivity index (χ4n) is 6.82. The zero-order valence-electron chi connectivity index (χ0n) is 29.3. The van der Waals surface area contributed by atoms with Crippen molar-refractivity contribution in [2.75, 3.05) is 19.8 Å². The molecule has 1 heterocycles. The Morgan fingerprint density at radius 3 is 1.91 bits per heavy atom. The van der Waals surface area contributed by atoms with Crippen LogP contribution in [0.2, 0.25) is 0 Å². The summed E-state index contributed by atoms with van der Waals surface area (Å²) in [6.07, 6.45) is 0.133. The summed E-state index contributed by atoms with van der Waals surface area (Å²) >= 11 is 3.57. The van der Waals surface area contributed by atoms with E-state index in [4.69, 9.17) is 14.5 Å². The van der Waals surface area contributed by atoms with Crippen molar-refractivity contribution in [2.45, 2.75) is 30.4 Å². The second-order valence-corrected chi connectivity index (χ2v) is 14.1. The van der Waals surface area contributed by atoms with Crippen LogP contribution in [0.25, 0.3) is 11.1 Å². The Morgan fingerprint density at radius 2 is 1.30 bits per heavy atom. The van der Waals surface area contributed by atoms with Crippen molar-refractivity contribution in [3.63, 3.8) is 0 Å². The maximum absolute atomic E-state index is 15.1. The van der Waals surface area contributed by atoms with Gasteiger partial charge in [-0.25, -0.2) is 4.99 Å². The number of ether oxygens (including phenoxy) is 2. The van der Waals surface area contributed by atoms with Crippen LogP contribution in [0.5, 0.6) is 5.75 Å². The van der Waals surface area contributed by atoms with Crippen LogP contribution in [-0.2, 0) is 16.0 Å². The highest BCUT2D eigenvalue weighted by Gasteiger charge is 2.53. The molecule has 7 heteroatoms. The number of nitrogens with one attached hydrogen (secondary N) is 1. The lowest BCUT2D eigenvalue weighted by atomic mass is 9.81. The molecule has 0 saturated carbocycles. The van der Waals surface area contributed by atoms with Gasteiger partial charge < -0.3 is 19.9 Å². The molecule has 6 aromatic carbocycles. The van der Waals surface area contributed by atoms with Crippen molar-refractivity contribution >= 4 is 27.7 Å². The number of carbonyl (C=O) groups is 1. The average Bonchev–Trinajstić information content (AvgIpc) is 3.60. The zero-order valence-corrected chi connectivity index (χ0v) is 30.9. The Balaban J connectivity index is 1.29. The van der Waals surface area contributed by atoms with Gasteiger partial charge in [0.1, 0.15) is 5.75 Å². The van der Waals surface area contributed by atoms with E-state index in [9.17, 15) is 5.11 Å². The molecule has 266 valence electrons. The van der Waals surface area contributed by atoms with Crippen LogP contribution in [0.15, 0.2) is 173 Å². The van der Waals surface area contributed by atoms with Crippen LogP contribution in [0.3, 0.4) is 0 Å². The van der Waals surface area contributed by atoms with Crippen molar-refractivity contribution in [2.24, 2.45) is 4.99 Å². The van der Waals surface area contributed by atoms with Crippen LogP contribution in [-0.4, -0.2) is 42.2 Å². The molecule has 53 heavy (non-hydrogen) atoms. The van der Waals surface area contributed by atoms with Crippen LogP contribution < -0.4 is 10.1 Å². The minimum atomic E-state index is -1.34. The quantitative estimate of drug-likeness (QED) is 0.108. The Morgan fingerprint density at radius 1 is 0.736 bits per heavy atom. The third kappa shape index (κ3) is 8.43. The van der Waals surface area contributed by atoms with E-state index in [0.717, 1.165) is 43.4 Å². The molecule has 0 aromatic heterocycles. The Hall–Kier alpha value is -5.50. The van der Waals surface area contributed by atoms with Crippen LogP contribution >= 0.6 is 15.9 Å². The number of rotatable bonds is 14. The van der Waals surface area contributed by atoms with Gasteiger partial charge in [-0.2, -0.15) is 0 Å². The van der Waals surface area contributed by atoms with Gasteiger partial charge >= 0.3 is 0 Å². The smallest absolute Gasteiger partial charge is 0.252 e. The van der Waals surface area contributed by atoms with Crippen molar-refractivity contribution < 1.29 is 19.4 Å². The van der Waals surface area contributed by atoms with Gasteiger partial charge in [0.2, 0.25) is 5.90 Å². The number of carbonyl (C=O) groups excluding carboxylic acids is 1. The van der Waals surface area contributed by atoms with Crippen molar-refractivity contribution in [3.8, 4) is 16.9 Å². The van der Waals surface area contributed by atoms with Gasteiger partial charge in [0.25, 0.3) is 5.91 Å². The molecule has 0 aliphatic carbocycles. The highest BCUT2D eigenvalue weighted by molar-refractivity contribution is 9.10. The Labute approximate surface area is 319 Å². The molecule has 6 aromatic rings. The largest absolute Gasteiger partial charge is 0.494 e. The molecule has 2 atom stereocenters. The van der Waals surface area contributed by atoms with Gasteiger partial charge in [-0.1, -0.05) is 143 Å². The summed E-state index contributed by atoms with van der Waals surface area (Å²) in [6.45, 7) is 0.855. The number of halogens is 1. The van der Waals surface area contributed by atoms with E-state index in [-0.39, 0.29) is 18.4 Å². The Bertz CT molecular complexity index is 2070. The summed E-state index contributed by atoms with van der Waals surface area (Å²) in [5, 5.41) is 12.5. The third-order valence-electron chi connectivity index (χ3n) is 9.61. The number of aliphatic hydroxyl groups excluding tert-OH is 1. The highest BCUT2D eigenvalue weighted by atomic mass is 79.9. The minimum Gasteiger partial charge on any atom is -0.494 e. The van der Waals surface area contributed by atoms with E-state index in [1.54, 1.807) is 0 Å². The molecular weight excluding hydrogens is 724 g/mol. The number of hydrogen-bond donors (Lipinski definition) is 2. The first-order valence-electron chi connectivity index (χ1n) is 17.9. The SMILES string of the molecule is O=C(NCC(c1ccccc1)c1ccccc1)[C@]1(Cc2ccc(Br)cc2)N=C(c2ccc(OCCCO)cc2)O[C@@H]1c1ccc(-c2ccccc2)cc1. The van der Waals surface area contributed by atoms with Crippen LogP contribution in [0.4, 0.5) is 0 Å². The summed E-state index contributed by atoms with van der Waals surface area (Å²) in [7, 11) is 0. The normalized spacial score (nSPS) is 16.5. The minimum absolute atomic E-state index is 0.0659. The molecule has 0 spiro atoms. The fourth-order valence-corrected chi connectivity index (χ4v) is 7.09. The lowest BCUT2D eigenvalue weighted by Crippen LogP contribution is -2.50. The second kappa shape index (κ2) is 16.9. The molecule has 1 aliphatic rings. The first kappa shape index (κ1) is 35.9. The van der Waals surface area contributed by atoms with E-state index >= 15 is 4.79 Å². The maximum Gasteiger partial charge on any atom is 0.252 e. The Kier molecular flexibility index (Phi) is 11.4. The topological polar surface area (TPSA) is 80.2 Å². The number of benzene rings is 6. The molecule has 2 N–H and O–H groups in total. The van der Waals surface area contributed by atoms with E-state index in [0.29, 0.717) is 37.6 Å². The maximum atomic E-state index is 15.1. The summed E-state index contributed by atoms with van der Waals surface area (Å²) in [6, 6.07) is 54.6. The van der Waals surface area contributed by atoms with Gasteiger partial charge in [-0.3, -0.25) is 4.79 Å². The molecule has 1 amide bonds. The molecule has 0 saturated heterocycles. The number of aliphatic imine (C=N–C) groups is 1. The van der Waals surface area contributed by atoms with Crippen molar-refractivity contribution in [3.05, 3.63) is 196 Å². The van der Waals surface area contributed by atoms with E-state index in [2.05, 4.69) is 69.8 Å². The van der Waals surface area contributed by atoms with Gasteiger partial charge in [0.15, 0.2) is 11.6 Å². The van der Waals surface area contributed by atoms with Gasteiger partial charge in [0.05, 0.1) is 6.61 Å². The monoisotopic (exact) mass is 764 g/mol. The van der Waals surface area contributed by atoms with E-state index in [1.165, 1.54) is 0 Å².